The van der Waals surface area contributed by atoms with Crippen molar-refractivity contribution in [3.05, 3.63) is 29.8 Å². The fourth-order valence-electron chi connectivity index (χ4n) is 5.74. The highest BCUT2D eigenvalue weighted by Crippen LogP contribution is 2.19. The summed E-state index contributed by atoms with van der Waals surface area (Å²) in [6, 6.07) is -0.0153. The van der Waals surface area contributed by atoms with Crippen molar-refractivity contribution in [3.63, 3.8) is 0 Å². The van der Waals surface area contributed by atoms with Crippen LogP contribution in [0.4, 0.5) is 0 Å². The van der Waals surface area contributed by atoms with E-state index in [0.29, 0.717) is 44.3 Å². The van der Waals surface area contributed by atoms with Gasteiger partial charge in [-0.25, -0.2) is 0 Å². The van der Waals surface area contributed by atoms with Crippen molar-refractivity contribution in [1.82, 2.24) is 21.3 Å². The molecule has 1 aromatic carbocycles. The van der Waals surface area contributed by atoms with Crippen LogP contribution in [-0.2, 0) is 35.2 Å². The molecule has 2 rings (SSSR count). The second kappa shape index (κ2) is 22.4. The molecule has 6 atom stereocenters. The van der Waals surface area contributed by atoms with Gasteiger partial charge in [0.05, 0.1) is 30.4 Å². The Kier molecular flexibility index (Phi) is 18.7. The van der Waals surface area contributed by atoms with E-state index in [1.807, 2.05) is 13.8 Å². The van der Waals surface area contributed by atoms with Gasteiger partial charge in [0.15, 0.2) is 5.78 Å². The van der Waals surface area contributed by atoms with Crippen LogP contribution < -0.4 is 44.2 Å². The zero-order valence-electron chi connectivity index (χ0n) is 30.1. The Hall–Kier alpha value is -4.61. The molecule has 17 heteroatoms. The summed E-state index contributed by atoms with van der Waals surface area (Å²) in [7, 11) is 0. The summed E-state index contributed by atoms with van der Waals surface area (Å²) in [6.45, 7) is 3.99. The minimum absolute atomic E-state index is 0.0105. The number of aromatic hydroxyl groups is 1. The summed E-state index contributed by atoms with van der Waals surface area (Å²) < 4.78 is 0. The molecule has 0 unspecified atom stereocenters. The molecule has 1 aliphatic heterocycles. The summed E-state index contributed by atoms with van der Waals surface area (Å²) in [5.41, 5.74) is 24.1. The molecule has 0 aliphatic carbocycles. The number of carbonyl (C=O) groups is 6. The number of aliphatic imine (C=N–C) groups is 1. The fraction of sp³-hybridized carbons (Fsp3) is 0.629. The number of benzene rings is 1. The molecule has 1 heterocycles. The number of amides is 4. The summed E-state index contributed by atoms with van der Waals surface area (Å²) >= 11 is 0. The Morgan fingerprint density at radius 1 is 0.904 bits per heavy atom. The average Bonchev–Trinajstić information content (AvgIpc) is 3.08. The molecule has 0 saturated carbocycles. The van der Waals surface area contributed by atoms with Gasteiger partial charge in [-0.15, -0.1) is 0 Å². The van der Waals surface area contributed by atoms with Gasteiger partial charge in [-0.3, -0.25) is 33.8 Å². The number of rotatable bonds is 18. The van der Waals surface area contributed by atoms with Crippen LogP contribution in [0.5, 0.6) is 5.75 Å². The van der Waals surface area contributed by atoms with E-state index in [9.17, 15) is 39.0 Å². The summed E-state index contributed by atoms with van der Waals surface area (Å²) in [4.78, 5) is 84.1. The molecule has 1 aromatic rings. The van der Waals surface area contributed by atoms with Crippen molar-refractivity contribution in [2.24, 2.45) is 39.8 Å². The van der Waals surface area contributed by atoms with Crippen LogP contribution in [0.25, 0.3) is 0 Å². The van der Waals surface area contributed by atoms with E-state index in [1.165, 1.54) is 12.1 Å². The third-order valence-corrected chi connectivity index (χ3v) is 8.67. The van der Waals surface area contributed by atoms with Gasteiger partial charge >= 0.3 is 5.97 Å². The SMILES string of the molecule is CC(C)C[C@H](CC(=O)[C@H](Cc1ccc(O)cc1)NC(=O)[C@@H]1CN=C(N)C[C@H](N)C(=O)N[C@@H](CCCCN)C(=O)N[C@@H](CCCCN)C(=O)N1)C(=O)O. The lowest BCUT2D eigenvalue weighted by Crippen LogP contribution is -2.59. The average molecular weight is 732 g/mol. The number of hydrogen-bond acceptors (Lipinski definition) is 12. The third-order valence-electron chi connectivity index (χ3n) is 8.67. The minimum Gasteiger partial charge on any atom is -0.508 e. The van der Waals surface area contributed by atoms with Gasteiger partial charge in [-0.1, -0.05) is 26.0 Å². The number of nitrogens with one attached hydrogen (secondary N) is 4. The van der Waals surface area contributed by atoms with Gasteiger partial charge in [0.25, 0.3) is 0 Å². The first-order valence-corrected chi connectivity index (χ1v) is 17.8. The van der Waals surface area contributed by atoms with Crippen LogP contribution in [0.15, 0.2) is 29.3 Å². The topological polar surface area (TPSA) is 307 Å². The number of phenolic OH excluding ortho intramolecular Hbond substituents is 1. The van der Waals surface area contributed by atoms with Crippen LogP contribution in [-0.4, -0.2) is 101 Å². The molecule has 0 radical (unpaired) electrons. The van der Waals surface area contributed by atoms with E-state index >= 15 is 0 Å². The van der Waals surface area contributed by atoms with Gasteiger partial charge in [0, 0.05) is 12.8 Å². The number of carboxylic acid groups (broad SMARTS) is 1. The molecule has 0 bridgehead atoms. The molecule has 1 aliphatic rings. The van der Waals surface area contributed by atoms with Crippen LogP contribution in [0.1, 0.15) is 77.2 Å². The number of phenols is 1. The molecule has 0 fully saturated rings. The fourth-order valence-corrected chi connectivity index (χ4v) is 5.74. The maximum Gasteiger partial charge on any atom is 0.306 e. The zero-order chi connectivity index (χ0) is 38.8. The van der Waals surface area contributed by atoms with Gasteiger partial charge in [0.2, 0.25) is 23.6 Å². The Morgan fingerprint density at radius 3 is 2.00 bits per heavy atom. The van der Waals surface area contributed by atoms with Crippen LogP contribution in [0.2, 0.25) is 0 Å². The highest BCUT2D eigenvalue weighted by Gasteiger charge is 2.33. The van der Waals surface area contributed by atoms with Crippen LogP contribution >= 0.6 is 0 Å². The number of amidine groups is 1. The first-order chi connectivity index (χ1) is 24.6. The Balaban J connectivity index is 2.48. The second-order valence-corrected chi connectivity index (χ2v) is 13.7. The molecule has 0 saturated heterocycles. The number of Topliss-reactive ketones (excluding diaryl/α,β-unsaturated/α-hetero) is 1. The summed E-state index contributed by atoms with van der Waals surface area (Å²) in [5.74, 6) is -5.62. The number of aliphatic carboxylic acids is 1. The molecular weight excluding hydrogens is 674 g/mol. The van der Waals surface area contributed by atoms with Crippen molar-refractivity contribution < 1.29 is 39.0 Å². The van der Waals surface area contributed by atoms with Crippen molar-refractivity contribution in [2.45, 2.75) is 108 Å². The maximum atomic E-state index is 13.9. The summed E-state index contributed by atoms with van der Waals surface area (Å²) in [5, 5.41) is 30.2. The first kappa shape index (κ1) is 43.6. The molecule has 17 nitrogen and oxygen atoms in total. The van der Waals surface area contributed by atoms with E-state index in [4.69, 9.17) is 22.9 Å². The molecule has 0 spiro atoms. The molecule has 52 heavy (non-hydrogen) atoms. The first-order valence-electron chi connectivity index (χ1n) is 17.8. The second-order valence-electron chi connectivity index (χ2n) is 13.7. The lowest BCUT2D eigenvalue weighted by Gasteiger charge is -2.27. The Morgan fingerprint density at radius 2 is 1.46 bits per heavy atom. The molecule has 290 valence electrons. The van der Waals surface area contributed by atoms with E-state index < -0.39 is 78.1 Å². The van der Waals surface area contributed by atoms with E-state index in [-0.39, 0.29) is 56.0 Å². The Bertz CT molecular complexity index is 1390. The lowest BCUT2D eigenvalue weighted by molar-refractivity contribution is -0.144. The highest BCUT2D eigenvalue weighted by molar-refractivity contribution is 5.98. The molecule has 14 N–H and O–H groups in total. The molecule has 4 amide bonds. The van der Waals surface area contributed by atoms with Crippen LogP contribution in [0, 0.1) is 11.8 Å². The number of ketones is 1. The summed E-state index contributed by atoms with van der Waals surface area (Å²) in [6.07, 6.45) is 2.10. The largest absolute Gasteiger partial charge is 0.508 e. The number of nitrogens with two attached hydrogens (primary N) is 4. The van der Waals surface area contributed by atoms with Crippen LogP contribution in [0.3, 0.4) is 0 Å². The monoisotopic (exact) mass is 731 g/mol. The molecular formula is C35H57N9O8. The van der Waals surface area contributed by atoms with Gasteiger partial charge in [-0.2, -0.15) is 0 Å². The zero-order valence-corrected chi connectivity index (χ0v) is 30.1. The van der Waals surface area contributed by atoms with Crippen molar-refractivity contribution in [2.75, 3.05) is 19.6 Å². The maximum absolute atomic E-state index is 13.9. The van der Waals surface area contributed by atoms with Crippen molar-refractivity contribution >= 4 is 41.2 Å². The van der Waals surface area contributed by atoms with Crippen molar-refractivity contribution in [1.29, 1.82) is 0 Å². The lowest BCUT2D eigenvalue weighted by atomic mass is 9.89. The Labute approximate surface area is 304 Å². The van der Waals surface area contributed by atoms with Crippen molar-refractivity contribution in [3.8, 4) is 5.75 Å². The number of hydrogen-bond donors (Lipinski definition) is 10. The highest BCUT2D eigenvalue weighted by atomic mass is 16.4. The van der Waals surface area contributed by atoms with E-state index in [2.05, 4.69) is 26.3 Å². The van der Waals surface area contributed by atoms with Gasteiger partial charge < -0.3 is 54.4 Å². The third kappa shape index (κ3) is 15.3. The number of carboxylic acids is 1. The number of nitrogens with zero attached hydrogens (tertiary/aromatic N) is 1. The predicted octanol–water partition coefficient (Wildman–Crippen LogP) is -1.07. The molecule has 0 aromatic heterocycles. The van der Waals surface area contributed by atoms with Gasteiger partial charge in [0.1, 0.15) is 23.9 Å². The smallest absolute Gasteiger partial charge is 0.306 e. The minimum atomic E-state index is -1.41. The van der Waals surface area contributed by atoms with E-state index in [0.717, 1.165) is 0 Å². The van der Waals surface area contributed by atoms with E-state index in [1.54, 1.807) is 12.1 Å². The quantitative estimate of drug-likeness (QED) is 0.0807. The number of carbonyl (C=O) groups excluding carboxylic acids is 5. The van der Waals surface area contributed by atoms with Gasteiger partial charge in [-0.05, 0) is 88.1 Å². The standard InChI is InChI=1S/C35H57N9O8/c1-20(2)15-22(35(51)52)17-29(46)27(16-21-9-11-23(45)12-10-21)43-34(50)28-19-40-30(39)18-24(38)31(47)41-25(7-3-5-13-36)32(48)42-26(33(49)44-28)8-4-6-14-37/h9-12,20,22,24-28,45H,3-8,13-19,36-38H2,1-2H3,(H2,39,40)(H,41,47)(H,42,48)(H,43,50)(H,44,49)(H,51,52)/t22-,24+,25+,26+,27+,28+/m1/s1. The predicted molar refractivity (Wildman–Crippen MR) is 195 cm³/mol. The normalized spacial score (nSPS) is 21.5. The number of unbranched alkanes of at least 4 members (excludes halogenated alkanes) is 2.